The van der Waals surface area contributed by atoms with Crippen LogP contribution in [0.2, 0.25) is 0 Å². The predicted molar refractivity (Wildman–Crippen MR) is 115 cm³/mol. The summed E-state index contributed by atoms with van der Waals surface area (Å²) in [6.07, 6.45) is 6.89. The molecule has 0 radical (unpaired) electrons. The number of fused-ring (bicyclic) bond motifs is 1. The number of nitrogens with zero attached hydrogens (tertiary/aromatic N) is 2. The smallest absolute Gasteiger partial charge is 0.213 e. The van der Waals surface area contributed by atoms with E-state index in [4.69, 9.17) is 15.5 Å². The van der Waals surface area contributed by atoms with Crippen molar-refractivity contribution in [1.82, 2.24) is 10.3 Å². The van der Waals surface area contributed by atoms with Crippen molar-refractivity contribution in [2.45, 2.75) is 38.2 Å². The van der Waals surface area contributed by atoms with Crippen LogP contribution < -0.4 is 15.8 Å². The van der Waals surface area contributed by atoms with Crippen LogP contribution in [0, 0.1) is 0 Å². The van der Waals surface area contributed by atoms with E-state index in [1.54, 1.807) is 0 Å². The first-order chi connectivity index (χ1) is 14.2. The molecule has 1 aliphatic rings. The highest BCUT2D eigenvalue weighted by Gasteiger charge is 2.15. The Balaban J connectivity index is 1.64. The van der Waals surface area contributed by atoms with E-state index in [1.807, 2.05) is 54.6 Å². The molecule has 1 saturated carbocycles. The number of hydrogen-bond donors (Lipinski definition) is 2. The Bertz CT molecular complexity index is 1020. The van der Waals surface area contributed by atoms with Gasteiger partial charge in [0.05, 0.1) is 23.0 Å². The summed E-state index contributed by atoms with van der Waals surface area (Å²) in [6.45, 7) is 0. The molecule has 3 aromatic rings. The van der Waals surface area contributed by atoms with Gasteiger partial charge in [0, 0.05) is 10.9 Å². The minimum Gasteiger partial charge on any atom is -0.490 e. The van der Waals surface area contributed by atoms with Crippen molar-refractivity contribution >= 4 is 29.0 Å². The number of hydrogen-bond acceptors (Lipinski definition) is 4. The lowest BCUT2D eigenvalue weighted by molar-refractivity contribution is -0.108. The summed E-state index contributed by atoms with van der Waals surface area (Å²) in [5.74, 6) is 0.928. The molecule has 2 aromatic carbocycles. The van der Waals surface area contributed by atoms with E-state index >= 15 is 0 Å². The molecule has 29 heavy (non-hydrogen) atoms. The zero-order chi connectivity index (χ0) is 20.1. The van der Waals surface area contributed by atoms with Gasteiger partial charge in [-0.25, -0.2) is 9.98 Å². The van der Waals surface area contributed by atoms with Crippen molar-refractivity contribution in [3.05, 3.63) is 54.6 Å². The Morgan fingerprint density at radius 2 is 1.86 bits per heavy atom. The second kappa shape index (κ2) is 8.73. The Morgan fingerprint density at radius 3 is 2.62 bits per heavy atom. The fraction of sp³-hybridized carbons (Fsp3) is 0.261. The minimum atomic E-state index is 0.0403. The van der Waals surface area contributed by atoms with Crippen molar-refractivity contribution in [2.24, 2.45) is 10.7 Å². The van der Waals surface area contributed by atoms with Gasteiger partial charge in [0.25, 0.3) is 0 Å². The highest BCUT2D eigenvalue weighted by molar-refractivity contribution is 5.97. The molecule has 4 rings (SSSR count). The first-order valence-corrected chi connectivity index (χ1v) is 9.94. The molecular weight excluding hydrogens is 364 g/mol. The lowest BCUT2D eigenvalue weighted by Crippen LogP contribution is -2.29. The van der Waals surface area contributed by atoms with E-state index < -0.39 is 0 Å². The molecule has 0 unspecified atom stereocenters. The molecule has 0 saturated heterocycles. The lowest BCUT2D eigenvalue weighted by Gasteiger charge is -2.23. The van der Waals surface area contributed by atoms with Crippen LogP contribution in [0.5, 0.6) is 5.75 Å². The number of nitrogens with two attached hydrogens (primary N) is 1. The maximum Gasteiger partial charge on any atom is 0.213 e. The molecule has 1 aromatic heterocycles. The fourth-order valence-electron chi connectivity index (χ4n) is 3.70. The van der Waals surface area contributed by atoms with E-state index in [2.05, 4.69) is 10.3 Å². The van der Waals surface area contributed by atoms with Gasteiger partial charge < -0.3 is 10.5 Å². The number of aliphatic imine (C=N–C) groups is 1. The molecule has 6 heteroatoms. The fourth-order valence-corrected chi connectivity index (χ4v) is 3.70. The van der Waals surface area contributed by atoms with Crippen LogP contribution in [0.25, 0.3) is 22.2 Å². The number of carbonyl (C=O) groups is 1. The third kappa shape index (κ3) is 4.54. The molecular formula is C23H24N4O2. The van der Waals surface area contributed by atoms with Crippen LogP contribution in [0.1, 0.15) is 32.1 Å². The first kappa shape index (κ1) is 18.9. The molecule has 6 nitrogen and oxygen atoms in total. The van der Waals surface area contributed by atoms with Crippen LogP contribution in [0.4, 0.5) is 5.69 Å². The van der Waals surface area contributed by atoms with E-state index in [0.29, 0.717) is 18.2 Å². The maximum absolute atomic E-state index is 10.6. The van der Waals surface area contributed by atoms with E-state index in [9.17, 15) is 4.79 Å². The van der Waals surface area contributed by atoms with Crippen molar-refractivity contribution in [1.29, 1.82) is 0 Å². The van der Waals surface area contributed by atoms with Gasteiger partial charge in [-0.3, -0.25) is 10.1 Å². The highest BCUT2D eigenvalue weighted by Crippen LogP contribution is 2.31. The average molecular weight is 388 g/mol. The van der Waals surface area contributed by atoms with Gasteiger partial charge in [0.2, 0.25) is 6.41 Å². The van der Waals surface area contributed by atoms with Crippen LogP contribution in [-0.2, 0) is 4.79 Å². The summed E-state index contributed by atoms with van der Waals surface area (Å²) in [5, 5.41) is 3.24. The molecule has 1 amide bonds. The number of para-hydroxylation sites is 1. The van der Waals surface area contributed by atoms with Gasteiger partial charge in [0.1, 0.15) is 5.75 Å². The standard InChI is InChI=1S/C23H24N4O2/c24-23(25-15-28)27-22-14-21(26-20-9-5-4-8-19(20)22)16-10-12-18(13-11-16)29-17-6-2-1-3-7-17/h4-5,8-15,17H,1-3,6-7H2,(H3,24,25,26,27,28). The van der Waals surface area contributed by atoms with E-state index in [0.717, 1.165) is 40.8 Å². The maximum atomic E-state index is 10.6. The van der Waals surface area contributed by atoms with Crippen LogP contribution in [0.3, 0.4) is 0 Å². The summed E-state index contributed by atoms with van der Waals surface area (Å²) in [4.78, 5) is 19.7. The van der Waals surface area contributed by atoms with Gasteiger partial charge in [-0.2, -0.15) is 0 Å². The zero-order valence-electron chi connectivity index (χ0n) is 16.2. The molecule has 0 bridgehead atoms. The number of guanidine groups is 1. The molecule has 1 heterocycles. The van der Waals surface area contributed by atoms with Crippen molar-refractivity contribution in [3.63, 3.8) is 0 Å². The van der Waals surface area contributed by atoms with Gasteiger partial charge in [-0.15, -0.1) is 0 Å². The van der Waals surface area contributed by atoms with Crippen molar-refractivity contribution in [3.8, 4) is 17.0 Å². The van der Waals surface area contributed by atoms with Gasteiger partial charge in [-0.1, -0.05) is 24.6 Å². The number of amides is 1. The Hall–Kier alpha value is -3.41. The molecule has 1 fully saturated rings. The second-order valence-corrected chi connectivity index (χ2v) is 7.21. The quantitative estimate of drug-likeness (QED) is 0.387. The summed E-state index contributed by atoms with van der Waals surface area (Å²) >= 11 is 0. The summed E-state index contributed by atoms with van der Waals surface area (Å²) in [6, 6.07) is 17.6. The number of benzene rings is 2. The number of pyridine rings is 1. The third-order valence-corrected chi connectivity index (χ3v) is 5.15. The van der Waals surface area contributed by atoms with Gasteiger partial charge in [0.15, 0.2) is 5.96 Å². The molecule has 0 atom stereocenters. The number of carbonyl (C=O) groups excluding carboxylic acids is 1. The number of aromatic nitrogens is 1. The van der Waals surface area contributed by atoms with E-state index in [1.165, 1.54) is 19.3 Å². The lowest BCUT2D eigenvalue weighted by atomic mass is 9.98. The minimum absolute atomic E-state index is 0.0403. The third-order valence-electron chi connectivity index (χ3n) is 5.15. The predicted octanol–water partition coefficient (Wildman–Crippen LogP) is 4.31. The molecule has 148 valence electrons. The van der Waals surface area contributed by atoms with Crippen LogP contribution in [-0.4, -0.2) is 23.5 Å². The number of rotatable bonds is 5. The number of nitrogens with one attached hydrogen (secondary N) is 1. The normalized spacial score (nSPS) is 15.2. The van der Waals surface area contributed by atoms with Gasteiger partial charge in [-0.05, 0) is 62.1 Å². The largest absolute Gasteiger partial charge is 0.490 e. The summed E-state index contributed by atoms with van der Waals surface area (Å²) in [5.41, 5.74) is 8.98. The van der Waals surface area contributed by atoms with Crippen LogP contribution >= 0.6 is 0 Å². The Morgan fingerprint density at radius 1 is 1.10 bits per heavy atom. The summed E-state index contributed by atoms with van der Waals surface area (Å²) in [7, 11) is 0. The SMILES string of the molecule is NC(=Nc1cc(-c2ccc(OC3CCCCC3)cc2)nc2ccccc12)NC=O. The molecule has 3 N–H and O–H groups in total. The van der Waals surface area contributed by atoms with E-state index in [-0.39, 0.29) is 5.96 Å². The highest BCUT2D eigenvalue weighted by atomic mass is 16.5. The zero-order valence-corrected chi connectivity index (χ0v) is 16.2. The monoisotopic (exact) mass is 388 g/mol. The average Bonchev–Trinajstić information content (AvgIpc) is 2.75. The molecule has 0 spiro atoms. The summed E-state index contributed by atoms with van der Waals surface area (Å²) < 4.78 is 6.12. The molecule has 1 aliphatic carbocycles. The van der Waals surface area contributed by atoms with Crippen molar-refractivity contribution in [2.75, 3.05) is 0 Å². The number of ether oxygens (including phenoxy) is 1. The Kier molecular flexibility index (Phi) is 5.70. The molecule has 0 aliphatic heterocycles. The first-order valence-electron chi connectivity index (χ1n) is 9.94. The van der Waals surface area contributed by atoms with Crippen molar-refractivity contribution < 1.29 is 9.53 Å². The van der Waals surface area contributed by atoms with Gasteiger partial charge >= 0.3 is 0 Å². The second-order valence-electron chi connectivity index (χ2n) is 7.21. The van der Waals surface area contributed by atoms with Crippen LogP contribution in [0.15, 0.2) is 59.6 Å². The topological polar surface area (TPSA) is 89.6 Å². The Labute approximate surface area is 169 Å².